The van der Waals surface area contributed by atoms with Gasteiger partial charge in [0.1, 0.15) is 11.5 Å². The maximum atomic E-state index is 12.1. The maximum Gasteiger partial charge on any atom is 0.231 e. The van der Waals surface area contributed by atoms with E-state index in [2.05, 4.69) is 15.6 Å². The summed E-state index contributed by atoms with van der Waals surface area (Å²) in [6.07, 6.45) is 0.120. The molecule has 3 rings (SSSR count). The second kappa shape index (κ2) is 5.29. The van der Waals surface area contributed by atoms with E-state index in [-0.39, 0.29) is 17.7 Å². The summed E-state index contributed by atoms with van der Waals surface area (Å²) in [4.78, 5) is 12.1. The summed E-state index contributed by atoms with van der Waals surface area (Å²) in [5, 5.41) is 11.4. The molecule has 0 fully saturated rings. The molecule has 6 nitrogen and oxygen atoms in total. The van der Waals surface area contributed by atoms with E-state index in [0.717, 1.165) is 11.1 Å². The van der Waals surface area contributed by atoms with E-state index in [4.69, 9.17) is 9.05 Å². The van der Waals surface area contributed by atoms with Crippen molar-refractivity contribution < 1.29 is 13.8 Å². The van der Waals surface area contributed by atoms with Crippen LogP contribution in [0.1, 0.15) is 32.2 Å². The second-order valence-corrected chi connectivity index (χ2v) is 6.18. The Morgan fingerprint density at radius 1 is 1.18 bits per heavy atom. The van der Waals surface area contributed by atoms with E-state index in [1.807, 2.05) is 45.0 Å². The molecule has 0 aliphatic heterocycles. The Bertz CT molecular complexity index is 811. The number of hydrogen-bond acceptors (Lipinski definition) is 5. The zero-order valence-electron chi connectivity index (χ0n) is 12.7. The predicted molar refractivity (Wildman–Crippen MR) is 81.5 cm³/mol. The molecule has 1 amide bonds. The Hall–Kier alpha value is -2.63. The van der Waals surface area contributed by atoms with Crippen LogP contribution in [0.3, 0.4) is 0 Å². The van der Waals surface area contributed by atoms with Crippen molar-refractivity contribution in [3.63, 3.8) is 0 Å². The molecule has 0 atom stereocenters. The van der Waals surface area contributed by atoms with E-state index >= 15 is 0 Å². The first kappa shape index (κ1) is 14.3. The number of nitrogens with zero attached hydrogens (tertiary/aromatic N) is 2. The molecule has 0 saturated carbocycles. The number of fused-ring (bicyclic) bond motifs is 1. The van der Waals surface area contributed by atoms with Crippen molar-refractivity contribution in [1.29, 1.82) is 0 Å². The van der Waals surface area contributed by atoms with Crippen LogP contribution >= 0.6 is 0 Å². The smallest absolute Gasteiger partial charge is 0.231 e. The molecule has 2 heterocycles. The van der Waals surface area contributed by atoms with Gasteiger partial charge >= 0.3 is 0 Å². The van der Waals surface area contributed by atoms with Crippen LogP contribution in [-0.2, 0) is 16.6 Å². The first-order valence-corrected chi connectivity index (χ1v) is 7.04. The number of aromatic nitrogens is 2. The van der Waals surface area contributed by atoms with Gasteiger partial charge in [-0.05, 0) is 12.1 Å². The SMILES string of the molecule is CC(C)(C)c1cc(NC(=O)Cc2noc3ccccc23)no1. The molecule has 0 aliphatic carbocycles. The van der Waals surface area contributed by atoms with Gasteiger partial charge in [-0.3, -0.25) is 4.79 Å². The number of carbonyl (C=O) groups is 1. The Balaban J connectivity index is 1.71. The van der Waals surface area contributed by atoms with Crippen molar-refractivity contribution in [2.75, 3.05) is 5.32 Å². The molecule has 0 aliphatic rings. The summed E-state index contributed by atoms with van der Waals surface area (Å²) in [6.45, 7) is 6.04. The third-order valence-corrected chi connectivity index (χ3v) is 3.30. The molecule has 114 valence electrons. The van der Waals surface area contributed by atoms with E-state index in [1.165, 1.54) is 0 Å². The first-order valence-electron chi connectivity index (χ1n) is 7.04. The molecule has 0 radical (unpaired) electrons. The number of benzene rings is 1. The van der Waals surface area contributed by atoms with Gasteiger partial charge in [-0.25, -0.2) is 0 Å². The van der Waals surface area contributed by atoms with Gasteiger partial charge < -0.3 is 14.4 Å². The summed E-state index contributed by atoms with van der Waals surface area (Å²) in [6, 6.07) is 9.17. The number of carbonyl (C=O) groups excluding carboxylic acids is 1. The minimum atomic E-state index is -0.215. The highest BCUT2D eigenvalue weighted by Crippen LogP contribution is 2.24. The Morgan fingerprint density at radius 3 is 2.68 bits per heavy atom. The number of amides is 1. The molecule has 0 spiro atoms. The maximum absolute atomic E-state index is 12.1. The van der Waals surface area contributed by atoms with Crippen molar-refractivity contribution in [2.45, 2.75) is 32.6 Å². The molecule has 22 heavy (non-hydrogen) atoms. The van der Waals surface area contributed by atoms with Gasteiger partial charge in [0.2, 0.25) is 5.91 Å². The topological polar surface area (TPSA) is 81.2 Å². The van der Waals surface area contributed by atoms with Gasteiger partial charge in [0.05, 0.1) is 6.42 Å². The lowest BCUT2D eigenvalue weighted by molar-refractivity contribution is -0.115. The van der Waals surface area contributed by atoms with Crippen LogP contribution in [-0.4, -0.2) is 16.2 Å². The van der Waals surface area contributed by atoms with Gasteiger partial charge in [-0.2, -0.15) is 0 Å². The lowest BCUT2D eigenvalue weighted by Crippen LogP contribution is -2.15. The van der Waals surface area contributed by atoms with E-state index in [0.29, 0.717) is 17.1 Å². The molecule has 1 N–H and O–H groups in total. The number of para-hydroxylation sites is 1. The summed E-state index contributed by atoms with van der Waals surface area (Å²) in [7, 11) is 0. The Labute approximate surface area is 127 Å². The third kappa shape index (κ3) is 2.86. The highest BCUT2D eigenvalue weighted by atomic mass is 16.5. The van der Waals surface area contributed by atoms with Crippen molar-refractivity contribution in [3.05, 3.63) is 41.8 Å². The van der Waals surface area contributed by atoms with Crippen LogP contribution in [0.4, 0.5) is 5.82 Å². The molecule has 0 saturated heterocycles. The minimum Gasteiger partial charge on any atom is -0.359 e. The number of hydrogen-bond donors (Lipinski definition) is 1. The lowest BCUT2D eigenvalue weighted by atomic mass is 9.93. The van der Waals surface area contributed by atoms with Crippen LogP contribution in [0.2, 0.25) is 0 Å². The fourth-order valence-corrected chi connectivity index (χ4v) is 2.09. The second-order valence-electron chi connectivity index (χ2n) is 6.18. The average molecular weight is 299 g/mol. The van der Waals surface area contributed by atoms with Gasteiger partial charge in [-0.15, -0.1) is 0 Å². The van der Waals surface area contributed by atoms with Gasteiger partial charge in [-0.1, -0.05) is 43.2 Å². The Morgan fingerprint density at radius 2 is 1.95 bits per heavy atom. The summed E-state index contributed by atoms with van der Waals surface area (Å²) < 4.78 is 10.4. The van der Waals surface area contributed by atoms with Crippen molar-refractivity contribution in [3.8, 4) is 0 Å². The summed E-state index contributed by atoms with van der Waals surface area (Å²) >= 11 is 0. The summed E-state index contributed by atoms with van der Waals surface area (Å²) in [5.74, 6) is 0.908. The first-order chi connectivity index (χ1) is 10.4. The van der Waals surface area contributed by atoms with Crippen LogP contribution in [0.5, 0.6) is 0 Å². The number of anilines is 1. The highest BCUT2D eigenvalue weighted by molar-refractivity contribution is 5.93. The Kier molecular flexibility index (Phi) is 3.44. The fourth-order valence-electron chi connectivity index (χ4n) is 2.09. The van der Waals surface area contributed by atoms with Crippen LogP contribution < -0.4 is 5.32 Å². The molecular formula is C16H17N3O3. The quantitative estimate of drug-likeness (QED) is 0.802. The van der Waals surface area contributed by atoms with E-state index < -0.39 is 0 Å². The molecule has 1 aromatic carbocycles. The fraction of sp³-hybridized carbons (Fsp3) is 0.312. The molecular weight excluding hydrogens is 282 g/mol. The predicted octanol–water partition coefficient (Wildman–Crippen LogP) is 3.29. The molecule has 0 unspecified atom stereocenters. The zero-order chi connectivity index (χ0) is 15.7. The van der Waals surface area contributed by atoms with E-state index in [9.17, 15) is 4.79 Å². The lowest BCUT2D eigenvalue weighted by Gasteiger charge is -2.11. The van der Waals surface area contributed by atoms with Crippen LogP contribution in [0, 0.1) is 0 Å². The zero-order valence-corrected chi connectivity index (χ0v) is 12.7. The van der Waals surface area contributed by atoms with E-state index in [1.54, 1.807) is 6.07 Å². The minimum absolute atomic E-state index is 0.120. The largest absolute Gasteiger partial charge is 0.359 e. The van der Waals surface area contributed by atoms with Crippen LogP contribution in [0.25, 0.3) is 11.0 Å². The van der Waals surface area contributed by atoms with Crippen molar-refractivity contribution in [1.82, 2.24) is 10.3 Å². The summed E-state index contributed by atoms with van der Waals surface area (Å²) in [5.41, 5.74) is 1.12. The van der Waals surface area contributed by atoms with Gasteiger partial charge in [0.25, 0.3) is 0 Å². The van der Waals surface area contributed by atoms with Crippen molar-refractivity contribution in [2.24, 2.45) is 0 Å². The van der Waals surface area contributed by atoms with Gasteiger partial charge in [0, 0.05) is 16.9 Å². The normalized spacial score (nSPS) is 11.8. The van der Waals surface area contributed by atoms with Gasteiger partial charge in [0.15, 0.2) is 11.4 Å². The van der Waals surface area contributed by atoms with Crippen molar-refractivity contribution >= 4 is 22.7 Å². The third-order valence-electron chi connectivity index (χ3n) is 3.30. The highest BCUT2D eigenvalue weighted by Gasteiger charge is 2.20. The molecule has 3 aromatic rings. The molecule has 2 aromatic heterocycles. The standard InChI is InChI=1S/C16H17N3O3/c1-16(2,3)13-9-14(19-22-13)17-15(20)8-11-10-6-4-5-7-12(10)21-18-11/h4-7,9H,8H2,1-3H3,(H,17,19,20). The number of nitrogens with one attached hydrogen (secondary N) is 1. The van der Waals surface area contributed by atoms with Crippen LogP contribution in [0.15, 0.2) is 39.4 Å². The number of rotatable bonds is 3. The molecule has 6 heteroatoms. The molecule has 0 bridgehead atoms. The average Bonchev–Trinajstić information content (AvgIpc) is 3.06. The monoisotopic (exact) mass is 299 g/mol.